The molecule has 0 aromatic carbocycles. The Morgan fingerprint density at radius 3 is 2.59 bits per heavy atom. The van der Waals surface area contributed by atoms with Crippen molar-refractivity contribution >= 4 is 16.3 Å². The second kappa shape index (κ2) is 4.47. The zero-order valence-electron chi connectivity index (χ0n) is 12.5. The van der Waals surface area contributed by atoms with Crippen LogP contribution in [0.1, 0.15) is 17.1 Å². The second-order valence-electron chi connectivity index (χ2n) is 5.12. The van der Waals surface area contributed by atoms with Gasteiger partial charge in [-0.05, 0) is 26.8 Å². The Balaban J connectivity index is 1.92. The van der Waals surface area contributed by atoms with Crippen LogP contribution >= 0.6 is 11.3 Å². The van der Waals surface area contributed by atoms with E-state index in [1.165, 1.54) is 11.3 Å². The molecule has 4 rings (SSSR count). The lowest BCUT2D eigenvalue weighted by molar-refractivity contribution is 0.393. The molecule has 22 heavy (non-hydrogen) atoms. The molecule has 8 nitrogen and oxygen atoms in total. The first kappa shape index (κ1) is 13.1. The van der Waals surface area contributed by atoms with E-state index in [9.17, 15) is 0 Å². The molecule has 0 radical (unpaired) electrons. The summed E-state index contributed by atoms with van der Waals surface area (Å²) < 4.78 is 8.73. The maximum atomic E-state index is 5.22. The molecule has 0 aliphatic rings. The van der Waals surface area contributed by atoms with Gasteiger partial charge in [0.1, 0.15) is 11.5 Å². The minimum atomic E-state index is 0.673. The minimum absolute atomic E-state index is 0.673. The van der Waals surface area contributed by atoms with Crippen LogP contribution in [0.15, 0.2) is 10.6 Å². The lowest BCUT2D eigenvalue weighted by atomic mass is 10.2. The Labute approximate surface area is 129 Å². The molecular weight excluding hydrogens is 302 g/mol. The first-order valence-corrected chi connectivity index (χ1v) is 7.52. The van der Waals surface area contributed by atoms with Gasteiger partial charge in [-0.2, -0.15) is 14.7 Å². The molecule has 9 heteroatoms. The molecule has 0 fully saturated rings. The summed E-state index contributed by atoms with van der Waals surface area (Å²) in [5, 5.41) is 22.2. The van der Waals surface area contributed by atoms with Gasteiger partial charge in [-0.15, -0.1) is 10.2 Å². The number of hydrogen-bond acceptors (Lipinski definition) is 7. The van der Waals surface area contributed by atoms with E-state index >= 15 is 0 Å². The first-order chi connectivity index (χ1) is 10.5. The standard InChI is InChI=1S/C13H13N7OS/c1-6-5-9(19(4)16-6)11-14-15-13-20(11)17-12(22-13)10-7(2)18-21-8(10)3/h5H,1-4H3. The van der Waals surface area contributed by atoms with E-state index < -0.39 is 0 Å². The summed E-state index contributed by atoms with van der Waals surface area (Å²) in [6.07, 6.45) is 0. The predicted molar refractivity (Wildman–Crippen MR) is 80.6 cm³/mol. The van der Waals surface area contributed by atoms with Crippen molar-refractivity contribution in [2.24, 2.45) is 7.05 Å². The highest BCUT2D eigenvalue weighted by molar-refractivity contribution is 7.19. The lowest BCUT2D eigenvalue weighted by Gasteiger charge is -1.97. The summed E-state index contributed by atoms with van der Waals surface area (Å²) in [5.41, 5.74) is 3.54. The number of rotatable bonds is 2. The van der Waals surface area contributed by atoms with Crippen LogP contribution in [-0.2, 0) is 7.05 Å². The van der Waals surface area contributed by atoms with Crippen LogP contribution in [0.25, 0.3) is 27.1 Å². The number of fused-ring (bicyclic) bond motifs is 1. The molecule has 4 aromatic heterocycles. The molecule has 4 aromatic rings. The number of hydrogen-bond donors (Lipinski definition) is 0. The summed E-state index contributed by atoms with van der Waals surface area (Å²) in [4.78, 5) is 0.726. The van der Waals surface area contributed by atoms with Gasteiger partial charge in [0.2, 0.25) is 10.8 Å². The highest BCUT2D eigenvalue weighted by atomic mass is 32.1. The van der Waals surface area contributed by atoms with Crippen LogP contribution in [0.3, 0.4) is 0 Å². The van der Waals surface area contributed by atoms with Crippen molar-refractivity contribution in [2.75, 3.05) is 0 Å². The molecular formula is C13H13N7OS. The molecule has 4 heterocycles. The highest BCUT2D eigenvalue weighted by Crippen LogP contribution is 2.32. The highest BCUT2D eigenvalue weighted by Gasteiger charge is 2.20. The van der Waals surface area contributed by atoms with E-state index in [1.54, 1.807) is 9.20 Å². The van der Waals surface area contributed by atoms with Gasteiger partial charge in [0.25, 0.3) is 0 Å². The fourth-order valence-corrected chi connectivity index (χ4v) is 3.47. The largest absolute Gasteiger partial charge is 0.361 e. The van der Waals surface area contributed by atoms with E-state index in [4.69, 9.17) is 4.52 Å². The van der Waals surface area contributed by atoms with Gasteiger partial charge in [-0.25, -0.2) is 0 Å². The number of aryl methyl sites for hydroxylation is 4. The summed E-state index contributed by atoms with van der Waals surface area (Å²) in [6, 6.07) is 1.96. The van der Waals surface area contributed by atoms with Crippen molar-refractivity contribution in [1.82, 2.24) is 34.7 Å². The van der Waals surface area contributed by atoms with Crippen LogP contribution in [0.5, 0.6) is 0 Å². The normalized spacial score (nSPS) is 11.6. The molecule has 0 bridgehead atoms. The average molecular weight is 315 g/mol. The van der Waals surface area contributed by atoms with Crippen LogP contribution in [0.4, 0.5) is 0 Å². The van der Waals surface area contributed by atoms with Gasteiger partial charge in [0.05, 0.1) is 17.0 Å². The SMILES string of the molecule is Cc1cc(-c2nnc3sc(-c4c(C)noc4C)nn23)n(C)n1. The maximum absolute atomic E-state index is 5.22. The molecule has 0 saturated carbocycles. The summed E-state index contributed by atoms with van der Waals surface area (Å²) in [7, 11) is 1.88. The maximum Gasteiger partial charge on any atom is 0.235 e. The Morgan fingerprint density at radius 1 is 1.14 bits per heavy atom. The Bertz CT molecular complexity index is 970. The summed E-state index contributed by atoms with van der Waals surface area (Å²) >= 11 is 1.46. The average Bonchev–Trinajstić information content (AvgIpc) is 3.16. The monoisotopic (exact) mass is 315 g/mol. The molecule has 0 spiro atoms. The van der Waals surface area contributed by atoms with Gasteiger partial charge < -0.3 is 4.52 Å². The molecule has 0 aliphatic carbocycles. The van der Waals surface area contributed by atoms with Crippen molar-refractivity contribution in [3.05, 3.63) is 23.2 Å². The Morgan fingerprint density at radius 2 is 1.95 bits per heavy atom. The van der Waals surface area contributed by atoms with Crippen molar-refractivity contribution in [3.8, 4) is 22.1 Å². The van der Waals surface area contributed by atoms with Gasteiger partial charge in [0.15, 0.2) is 5.01 Å². The fourth-order valence-electron chi connectivity index (χ4n) is 2.49. The first-order valence-electron chi connectivity index (χ1n) is 6.71. The molecule has 112 valence electrons. The van der Waals surface area contributed by atoms with Crippen LogP contribution < -0.4 is 0 Å². The smallest absolute Gasteiger partial charge is 0.235 e. The quantitative estimate of drug-likeness (QED) is 0.563. The molecule has 0 atom stereocenters. The van der Waals surface area contributed by atoms with E-state index in [2.05, 4.69) is 25.6 Å². The molecule has 0 unspecified atom stereocenters. The Hall–Kier alpha value is -2.55. The van der Waals surface area contributed by atoms with Crippen LogP contribution in [0, 0.1) is 20.8 Å². The zero-order valence-corrected chi connectivity index (χ0v) is 13.3. The topological polar surface area (TPSA) is 86.9 Å². The summed E-state index contributed by atoms with van der Waals surface area (Å²) in [6.45, 7) is 5.72. The van der Waals surface area contributed by atoms with Gasteiger partial charge in [-0.3, -0.25) is 4.68 Å². The summed E-state index contributed by atoms with van der Waals surface area (Å²) in [5.74, 6) is 1.42. The lowest BCUT2D eigenvalue weighted by Crippen LogP contribution is -1.98. The third kappa shape index (κ3) is 1.78. The number of aromatic nitrogens is 7. The zero-order chi connectivity index (χ0) is 15.4. The number of nitrogens with zero attached hydrogens (tertiary/aromatic N) is 7. The second-order valence-corrected chi connectivity index (χ2v) is 6.07. The van der Waals surface area contributed by atoms with Crippen molar-refractivity contribution in [2.45, 2.75) is 20.8 Å². The van der Waals surface area contributed by atoms with E-state index in [-0.39, 0.29) is 0 Å². The van der Waals surface area contributed by atoms with E-state index in [0.29, 0.717) is 5.82 Å². The van der Waals surface area contributed by atoms with Gasteiger partial charge in [-0.1, -0.05) is 16.5 Å². The van der Waals surface area contributed by atoms with Crippen molar-refractivity contribution in [1.29, 1.82) is 0 Å². The van der Waals surface area contributed by atoms with Crippen molar-refractivity contribution < 1.29 is 4.52 Å². The van der Waals surface area contributed by atoms with Gasteiger partial charge in [0, 0.05) is 7.05 Å². The molecule has 0 aliphatic heterocycles. The minimum Gasteiger partial charge on any atom is -0.361 e. The van der Waals surface area contributed by atoms with Crippen molar-refractivity contribution in [3.63, 3.8) is 0 Å². The van der Waals surface area contributed by atoms with E-state index in [1.807, 2.05) is 33.9 Å². The predicted octanol–water partition coefficient (Wildman–Crippen LogP) is 2.17. The van der Waals surface area contributed by atoms with Gasteiger partial charge >= 0.3 is 0 Å². The Kier molecular flexibility index (Phi) is 2.67. The van der Waals surface area contributed by atoms with E-state index in [0.717, 1.165) is 38.4 Å². The molecule has 0 saturated heterocycles. The molecule has 0 N–H and O–H groups in total. The fraction of sp³-hybridized carbons (Fsp3) is 0.308. The van der Waals surface area contributed by atoms with Crippen LogP contribution in [0.2, 0.25) is 0 Å². The van der Waals surface area contributed by atoms with Crippen LogP contribution in [-0.4, -0.2) is 34.7 Å². The molecule has 0 amide bonds. The third-order valence-corrected chi connectivity index (χ3v) is 4.39. The third-order valence-electron chi connectivity index (χ3n) is 3.47.